The first-order valence-corrected chi connectivity index (χ1v) is 33.2. The van der Waals surface area contributed by atoms with Crippen LogP contribution in [0.5, 0.6) is 0 Å². The molecule has 6 rings (SSSR count). The van der Waals surface area contributed by atoms with E-state index >= 15 is 0 Å². The van der Waals surface area contributed by atoms with Crippen molar-refractivity contribution in [1.29, 1.82) is 0 Å². The Morgan fingerprint density at radius 3 is 1.07 bits per heavy atom. The highest BCUT2D eigenvalue weighted by molar-refractivity contribution is 8.32. The second-order valence-electron chi connectivity index (χ2n) is 18.6. The summed E-state index contributed by atoms with van der Waals surface area (Å²) in [7, 11) is 46.2. The van der Waals surface area contributed by atoms with Crippen molar-refractivity contribution >= 4 is 103 Å². The largest absolute Gasteiger partial charge is 0.780 e. The summed E-state index contributed by atoms with van der Waals surface area (Å²) >= 11 is 14.8. The molecule has 0 saturated carbocycles. The predicted molar refractivity (Wildman–Crippen MR) is 317 cm³/mol. The second-order valence-corrected chi connectivity index (χ2v) is 26.7. The Balaban J connectivity index is 0.000000640. The number of alkyl halides is 1. The van der Waals surface area contributed by atoms with Crippen LogP contribution in [-0.2, 0) is 143 Å². The van der Waals surface area contributed by atoms with E-state index in [2.05, 4.69) is 0 Å². The SMILES string of the molecule is C.C.C.[B][C@@H]1O[C@H](COP(=O)([S-])O[C@@H]2C(OC)[C@H]([B])O[C@@H]2CO)[C@H](OC)C1OC.[B][C@@H]1O[C@H](COP([O-])(=S)O[C@@H]2C(OC)[C@H]([B])O[C@@H]2CO)[C@H](OC)C1F.[B][C@@H]1O[C@H](COP([O-])(=S)O[C@@H]2C(OCCOC)[C@H]([B])O[C@@H]2CO)[C@H](OC)C1OCCOC. The van der Waals surface area contributed by atoms with Gasteiger partial charge in [-0.2, -0.15) is 0 Å². The zero-order valence-corrected chi connectivity index (χ0v) is 52.0. The summed E-state index contributed by atoms with van der Waals surface area (Å²) in [6, 6.07) is -5.33. The molecule has 28 nitrogen and oxygen atoms in total. The molecule has 12 radical (unpaired) electrons. The third kappa shape index (κ3) is 24.1. The van der Waals surface area contributed by atoms with Gasteiger partial charge in [0.05, 0.1) is 72.1 Å². The lowest BCUT2D eigenvalue weighted by molar-refractivity contribution is -0.219. The molecule has 86 heavy (non-hydrogen) atoms. The monoisotopic (exact) mass is 1350 g/mol. The first-order valence-electron chi connectivity index (χ1n) is 25.5. The normalized spacial score (nSPS) is 39.5. The van der Waals surface area contributed by atoms with Gasteiger partial charge >= 0.3 is 0 Å². The van der Waals surface area contributed by atoms with Crippen molar-refractivity contribution in [3.05, 3.63) is 0 Å². The third-order valence-corrected chi connectivity index (χ3v) is 18.0. The summed E-state index contributed by atoms with van der Waals surface area (Å²) in [6.45, 7) is -13.0. The summed E-state index contributed by atoms with van der Waals surface area (Å²) in [5, 5.41) is 28.3. The highest BCUT2D eigenvalue weighted by atomic mass is 32.7. The number of hydrogen-bond donors (Lipinski definition) is 3. The molecule has 0 aromatic carbocycles. The Morgan fingerprint density at radius 2 is 0.709 bits per heavy atom. The zero-order valence-electron chi connectivity index (χ0n) is 46.9. The van der Waals surface area contributed by atoms with Crippen LogP contribution in [0.2, 0.25) is 0 Å². The Morgan fingerprint density at radius 1 is 0.430 bits per heavy atom. The summed E-state index contributed by atoms with van der Waals surface area (Å²) in [5.74, 6) is 0. The minimum Gasteiger partial charge on any atom is -0.780 e. The number of rotatable bonds is 32. The van der Waals surface area contributed by atoms with E-state index in [9.17, 15) is 34.1 Å². The van der Waals surface area contributed by atoms with Crippen LogP contribution in [0.25, 0.3) is 0 Å². The molecule has 0 aliphatic carbocycles. The molecule has 6 saturated heterocycles. The Kier molecular flexibility index (Phi) is 40.7. The fraction of sp³-hybridized carbons (Fsp3) is 1.00. The van der Waals surface area contributed by atoms with Crippen molar-refractivity contribution in [2.75, 3.05) is 123 Å². The highest BCUT2D eigenvalue weighted by Crippen LogP contribution is 2.50. The minimum absolute atomic E-state index is 0. The average Bonchev–Trinajstić information content (AvgIpc) is 3.59. The van der Waals surface area contributed by atoms with Crippen LogP contribution in [0.4, 0.5) is 4.39 Å². The van der Waals surface area contributed by atoms with Crippen molar-refractivity contribution in [1.82, 2.24) is 0 Å². The maximum Gasteiger partial charge on any atom is 0.200 e. The smallest absolute Gasteiger partial charge is 0.200 e. The van der Waals surface area contributed by atoms with Crippen molar-refractivity contribution in [3.63, 3.8) is 0 Å². The van der Waals surface area contributed by atoms with Gasteiger partial charge in [-0.15, -0.1) is 0 Å². The lowest BCUT2D eigenvalue weighted by Crippen LogP contribution is -2.41. The van der Waals surface area contributed by atoms with Crippen molar-refractivity contribution in [2.24, 2.45) is 0 Å². The van der Waals surface area contributed by atoms with Gasteiger partial charge in [0.2, 0.25) is 0 Å². The maximum atomic E-state index is 13.8. The summed E-state index contributed by atoms with van der Waals surface area (Å²) < 4.78 is 143. The first-order chi connectivity index (χ1) is 39.3. The molecule has 6 fully saturated rings. The van der Waals surface area contributed by atoms with Crippen LogP contribution in [0.1, 0.15) is 22.3 Å². The van der Waals surface area contributed by atoms with Gasteiger partial charge in [0, 0.05) is 86.9 Å². The molecule has 0 spiro atoms. The van der Waals surface area contributed by atoms with Crippen LogP contribution in [-0.4, -0.2) is 331 Å². The molecular weight excluding hydrogens is 1260 g/mol. The van der Waals surface area contributed by atoms with Crippen LogP contribution < -0.4 is 9.79 Å². The molecular formula is C45H83B6FO28P3S3-3. The quantitative estimate of drug-likeness (QED) is 0.0257. The number of aliphatic hydroxyl groups excluding tert-OH is 3. The van der Waals surface area contributed by atoms with Gasteiger partial charge in [-0.3, -0.25) is 4.57 Å². The van der Waals surface area contributed by atoms with Gasteiger partial charge in [-0.25, -0.2) is 4.39 Å². The third-order valence-electron chi connectivity index (χ3n) is 13.4. The predicted octanol–water partition coefficient (Wildman–Crippen LogP) is -3.27. The van der Waals surface area contributed by atoms with Gasteiger partial charge in [-0.05, 0) is 0 Å². The Bertz CT molecular complexity index is 2020. The summed E-state index contributed by atoms with van der Waals surface area (Å²) in [6.07, 6.45) is -14.9. The van der Waals surface area contributed by atoms with Crippen molar-refractivity contribution in [3.8, 4) is 0 Å². The Hall–Kier alpha value is 1.12. The first kappa shape index (κ1) is 85.1. The van der Waals surface area contributed by atoms with E-state index in [1.54, 1.807) is 7.11 Å². The number of aliphatic hydroxyl groups is 3. The molecule has 27 atom stereocenters. The molecule has 9 unspecified atom stereocenters. The molecule has 6 aliphatic heterocycles. The molecule has 0 aromatic rings. The van der Waals surface area contributed by atoms with Gasteiger partial charge < -0.3 is 140 Å². The van der Waals surface area contributed by atoms with E-state index < -0.39 is 186 Å². The van der Waals surface area contributed by atoms with Gasteiger partial charge in [0.1, 0.15) is 170 Å². The van der Waals surface area contributed by atoms with Crippen LogP contribution in [0.15, 0.2) is 0 Å². The molecule has 6 aliphatic rings. The second kappa shape index (κ2) is 41.2. The molecule has 0 aromatic heterocycles. The standard InChI is InChI=1S/C17H31B2O11PS.C13H23B2O9PS.C12H20B2FO8PS.3CH4/c1-22-4-6-25-14-12(24-3)11(29-16(14)18)9-27-31(21,32)30-13-10(8-20)28-17(19)15(13)26-7-5-23-2;1-18-8-7(23-12(14)10(8)19-2)5-21-25(17,26)24-9-6(4-16)22-13(15)11(9)20-3;1-18-8-6(22-11(13)7(8)15)4-20-24(17,25)23-9-5(3-16)21-12(14)10(9)19-2;;;/h10-17,20H,4-9H2,1-3H3,(H,21,32);6-13,16H,4-5H2,1-3H3,(H,17,26);5-12,16H,3-4H2,1-2H3,(H,17,25);3*1H4/p-3/t10-,11-,12+,13+,14?,15?,16-,17-,31?;6-,7-,8+,9+,10?,11?,12-,13-,25?;5-,6-,7?,8+,9+,10?,11-,12-,24?;;;/m111.../s1. The van der Waals surface area contributed by atoms with E-state index in [-0.39, 0.29) is 48.7 Å². The average molecular weight is 1350 g/mol. The van der Waals surface area contributed by atoms with E-state index in [1.165, 1.54) is 49.8 Å². The Labute approximate surface area is 528 Å². The van der Waals surface area contributed by atoms with Crippen LogP contribution in [0, 0.1) is 0 Å². The molecule has 492 valence electrons. The molecule has 6 heterocycles. The molecule has 0 bridgehead atoms. The summed E-state index contributed by atoms with van der Waals surface area (Å²) in [4.78, 5) is 25.3. The maximum absolute atomic E-state index is 13.8. The fourth-order valence-corrected chi connectivity index (χ4v) is 13.6. The van der Waals surface area contributed by atoms with Gasteiger partial charge in [-0.1, -0.05) is 45.9 Å². The summed E-state index contributed by atoms with van der Waals surface area (Å²) in [5.41, 5.74) is 0. The minimum atomic E-state index is -4.06. The van der Waals surface area contributed by atoms with Crippen molar-refractivity contribution < 1.29 is 137 Å². The lowest BCUT2D eigenvalue weighted by atomic mass is 9.93. The molecule has 3 N–H and O–H groups in total. The van der Waals surface area contributed by atoms with Gasteiger partial charge in [0.15, 0.2) is 6.80 Å². The van der Waals surface area contributed by atoms with E-state index in [0.29, 0.717) is 19.8 Å². The number of halogens is 1. The van der Waals surface area contributed by atoms with Gasteiger partial charge in [0.25, 0.3) is 0 Å². The van der Waals surface area contributed by atoms with Crippen LogP contribution >= 0.6 is 20.2 Å². The molecule has 41 heteroatoms. The zero-order chi connectivity index (χ0) is 62.0. The van der Waals surface area contributed by atoms with E-state index in [0.717, 1.165) is 0 Å². The van der Waals surface area contributed by atoms with E-state index in [1.807, 2.05) is 0 Å². The van der Waals surface area contributed by atoms with Crippen LogP contribution in [0.3, 0.4) is 0 Å². The van der Waals surface area contributed by atoms with E-state index in [4.69, 9.17) is 186 Å². The topological polar surface area (TPSA) is 327 Å². The molecule has 0 amide bonds. The highest BCUT2D eigenvalue weighted by Gasteiger charge is 2.50. The number of hydrogen-bond acceptors (Lipinski definition) is 31. The lowest BCUT2D eigenvalue weighted by Gasteiger charge is -2.35. The fourth-order valence-electron chi connectivity index (χ4n) is 9.35. The number of ether oxygens (including phenoxy) is 16. The van der Waals surface area contributed by atoms with Crippen molar-refractivity contribution in [2.45, 2.75) is 168 Å². The number of methoxy groups -OCH3 is 8.